The Morgan fingerprint density at radius 3 is 2.74 bits per heavy atom. The fraction of sp³-hybridized carbons (Fsp3) is 0.550. The Balaban J connectivity index is 2.19. The molecule has 0 saturated carbocycles. The molecule has 2 aromatic rings. The summed E-state index contributed by atoms with van der Waals surface area (Å²) in [6.45, 7) is 9.83. The quantitative estimate of drug-likeness (QED) is 0.383. The lowest BCUT2D eigenvalue weighted by molar-refractivity contribution is -0.119. The van der Waals surface area contributed by atoms with Crippen LogP contribution in [0.2, 0.25) is 0 Å². The lowest BCUT2D eigenvalue weighted by Crippen LogP contribution is -2.37. The van der Waals surface area contributed by atoms with E-state index in [0.29, 0.717) is 41.7 Å². The molecule has 27 heavy (non-hydrogen) atoms. The van der Waals surface area contributed by atoms with E-state index in [4.69, 9.17) is 4.74 Å². The van der Waals surface area contributed by atoms with E-state index in [2.05, 4.69) is 24.1 Å². The van der Waals surface area contributed by atoms with Gasteiger partial charge in [0.15, 0.2) is 5.16 Å². The number of para-hydroxylation sites is 1. The number of hydrogen-bond acceptors (Lipinski definition) is 5. The number of benzene rings is 1. The molecular weight excluding hydrogens is 362 g/mol. The van der Waals surface area contributed by atoms with Gasteiger partial charge in [-0.05, 0) is 38.3 Å². The van der Waals surface area contributed by atoms with Gasteiger partial charge in [0.2, 0.25) is 5.91 Å². The maximum Gasteiger partial charge on any atom is 0.262 e. The normalized spacial score (nSPS) is 12.5. The van der Waals surface area contributed by atoms with Crippen molar-refractivity contribution in [3.8, 4) is 0 Å². The second-order valence-corrected chi connectivity index (χ2v) is 7.75. The van der Waals surface area contributed by atoms with Crippen LogP contribution in [0.3, 0.4) is 0 Å². The molecule has 1 aromatic carbocycles. The van der Waals surface area contributed by atoms with Crippen LogP contribution >= 0.6 is 11.8 Å². The molecule has 1 heterocycles. The number of thioether (sulfide) groups is 1. The molecule has 0 aliphatic heterocycles. The molecule has 0 spiro atoms. The van der Waals surface area contributed by atoms with Gasteiger partial charge in [-0.25, -0.2) is 4.98 Å². The highest BCUT2D eigenvalue weighted by Crippen LogP contribution is 2.18. The summed E-state index contributed by atoms with van der Waals surface area (Å²) in [5.41, 5.74) is 0.581. The third-order valence-electron chi connectivity index (χ3n) is 4.42. The summed E-state index contributed by atoms with van der Waals surface area (Å²) in [6, 6.07) is 7.42. The van der Waals surface area contributed by atoms with Crippen LogP contribution in [0, 0.1) is 5.92 Å². The van der Waals surface area contributed by atoms with Crippen molar-refractivity contribution in [1.82, 2.24) is 14.9 Å². The molecule has 2 rings (SSSR count). The first-order valence-electron chi connectivity index (χ1n) is 9.43. The maximum absolute atomic E-state index is 12.9. The predicted molar refractivity (Wildman–Crippen MR) is 110 cm³/mol. The fourth-order valence-corrected chi connectivity index (χ4v) is 3.35. The Hall–Kier alpha value is -1.86. The van der Waals surface area contributed by atoms with Gasteiger partial charge >= 0.3 is 0 Å². The molecule has 0 unspecified atom stereocenters. The van der Waals surface area contributed by atoms with E-state index >= 15 is 0 Å². The number of rotatable bonds is 10. The van der Waals surface area contributed by atoms with E-state index < -0.39 is 0 Å². The summed E-state index contributed by atoms with van der Waals surface area (Å²) >= 11 is 1.30. The Bertz CT molecular complexity index is 820. The van der Waals surface area contributed by atoms with Crippen molar-refractivity contribution in [3.63, 3.8) is 0 Å². The second kappa shape index (κ2) is 10.5. The lowest BCUT2D eigenvalue weighted by Gasteiger charge is -2.17. The average molecular weight is 392 g/mol. The molecule has 1 atom stereocenters. The lowest BCUT2D eigenvalue weighted by atomic mass is 10.1. The minimum absolute atomic E-state index is 0.0514. The van der Waals surface area contributed by atoms with E-state index in [0.717, 1.165) is 6.42 Å². The predicted octanol–water partition coefficient (Wildman–Crippen LogP) is 3.08. The molecule has 1 amide bonds. The Labute approximate surface area is 164 Å². The van der Waals surface area contributed by atoms with E-state index in [1.54, 1.807) is 10.6 Å². The first-order chi connectivity index (χ1) is 12.9. The highest BCUT2D eigenvalue weighted by atomic mass is 32.2. The van der Waals surface area contributed by atoms with E-state index in [1.807, 2.05) is 32.0 Å². The van der Waals surface area contributed by atoms with Gasteiger partial charge in [-0.15, -0.1) is 0 Å². The summed E-state index contributed by atoms with van der Waals surface area (Å²) in [7, 11) is 0. The molecule has 148 valence electrons. The number of aromatic nitrogens is 2. The van der Waals surface area contributed by atoms with Crippen LogP contribution in [-0.2, 0) is 16.1 Å². The highest BCUT2D eigenvalue weighted by Gasteiger charge is 2.15. The van der Waals surface area contributed by atoms with Crippen LogP contribution in [0.4, 0.5) is 0 Å². The molecule has 0 aliphatic rings. The first-order valence-corrected chi connectivity index (χ1v) is 10.4. The molecule has 7 heteroatoms. The molecule has 0 fully saturated rings. The van der Waals surface area contributed by atoms with Crippen LogP contribution in [0.5, 0.6) is 0 Å². The van der Waals surface area contributed by atoms with Gasteiger partial charge in [0, 0.05) is 25.8 Å². The zero-order valence-electron chi connectivity index (χ0n) is 16.5. The smallest absolute Gasteiger partial charge is 0.262 e. The topological polar surface area (TPSA) is 73.2 Å². The highest BCUT2D eigenvalue weighted by molar-refractivity contribution is 7.99. The van der Waals surface area contributed by atoms with Crippen molar-refractivity contribution >= 4 is 28.6 Å². The van der Waals surface area contributed by atoms with Crippen molar-refractivity contribution in [2.24, 2.45) is 5.92 Å². The van der Waals surface area contributed by atoms with Crippen molar-refractivity contribution in [2.75, 3.05) is 19.0 Å². The molecule has 0 bridgehead atoms. The Kier molecular flexibility index (Phi) is 8.31. The van der Waals surface area contributed by atoms with Crippen molar-refractivity contribution in [3.05, 3.63) is 34.6 Å². The first kappa shape index (κ1) is 21.4. The molecule has 0 saturated heterocycles. The Morgan fingerprint density at radius 2 is 2.04 bits per heavy atom. The molecule has 0 radical (unpaired) electrons. The van der Waals surface area contributed by atoms with Crippen LogP contribution in [0.1, 0.15) is 34.1 Å². The minimum Gasteiger partial charge on any atom is -0.382 e. The van der Waals surface area contributed by atoms with E-state index in [9.17, 15) is 9.59 Å². The maximum atomic E-state index is 12.9. The fourth-order valence-electron chi connectivity index (χ4n) is 2.52. The van der Waals surface area contributed by atoms with Crippen LogP contribution < -0.4 is 10.9 Å². The minimum atomic E-state index is -0.0736. The monoisotopic (exact) mass is 391 g/mol. The van der Waals surface area contributed by atoms with Gasteiger partial charge in [-0.1, -0.05) is 37.7 Å². The SMILES string of the molecule is CCOCCCn1c(SCC(=O)N[C@@H](C)C(C)C)nc2ccccc2c1=O. The van der Waals surface area contributed by atoms with E-state index in [1.165, 1.54) is 11.8 Å². The van der Waals surface area contributed by atoms with Gasteiger partial charge in [-0.3, -0.25) is 14.2 Å². The van der Waals surface area contributed by atoms with Gasteiger partial charge < -0.3 is 10.1 Å². The largest absolute Gasteiger partial charge is 0.382 e. The average Bonchev–Trinajstić information content (AvgIpc) is 2.65. The van der Waals surface area contributed by atoms with Crippen molar-refractivity contribution in [1.29, 1.82) is 0 Å². The van der Waals surface area contributed by atoms with E-state index in [-0.39, 0.29) is 23.3 Å². The van der Waals surface area contributed by atoms with Crippen LogP contribution in [0.25, 0.3) is 10.9 Å². The number of fused-ring (bicyclic) bond motifs is 1. The number of nitrogens with one attached hydrogen (secondary N) is 1. The van der Waals surface area contributed by atoms with Crippen LogP contribution in [-0.4, -0.2) is 40.5 Å². The number of amides is 1. The van der Waals surface area contributed by atoms with Crippen molar-refractivity contribution in [2.45, 2.75) is 51.9 Å². The standard InChI is InChI=1S/C20H29N3O3S/c1-5-26-12-8-11-23-19(25)16-9-6-7-10-17(16)22-20(23)27-13-18(24)21-15(4)14(2)3/h6-7,9-10,14-15H,5,8,11-13H2,1-4H3,(H,21,24)/t15-/m0/s1. The van der Waals surface area contributed by atoms with Gasteiger partial charge in [0.05, 0.1) is 16.7 Å². The molecule has 1 aromatic heterocycles. The molecule has 1 N–H and O–H groups in total. The third kappa shape index (κ3) is 6.07. The Morgan fingerprint density at radius 1 is 1.30 bits per heavy atom. The van der Waals surface area contributed by atoms with Gasteiger partial charge in [0.1, 0.15) is 0 Å². The number of ether oxygens (including phenoxy) is 1. The van der Waals surface area contributed by atoms with Gasteiger partial charge in [-0.2, -0.15) is 0 Å². The molecule has 0 aliphatic carbocycles. The molecule has 6 nitrogen and oxygen atoms in total. The zero-order valence-corrected chi connectivity index (χ0v) is 17.3. The van der Waals surface area contributed by atoms with Crippen LogP contribution in [0.15, 0.2) is 34.2 Å². The summed E-state index contributed by atoms with van der Waals surface area (Å²) in [5.74, 6) is 0.548. The number of carbonyl (C=O) groups is 1. The zero-order chi connectivity index (χ0) is 19.8. The van der Waals surface area contributed by atoms with Crippen molar-refractivity contribution < 1.29 is 9.53 Å². The summed E-state index contributed by atoms with van der Waals surface area (Å²) < 4.78 is 7.04. The summed E-state index contributed by atoms with van der Waals surface area (Å²) in [6.07, 6.45) is 0.720. The molecular formula is C20H29N3O3S. The second-order valence-electron chi connectivity index (χ2n) is 6.81. The van der Waals surface area contributed by atoms with Gasteiger partial charge in [0.25, 0.3) is 5.56 Å². The number of hydrogen-bond donors (Lipinski definition) is 1. The number of nitrogens with zero attached hydrogens (tertiary/aromatic N) is 2. The number of carbonyl (C=O) groups excluding carboxylic acids is 1. The summed E-state index contributed by atoms with van der Waals surface area (Å²) in [5, 5.41) is 4.15. The third-order valence-corrected chi connectivity index (χ3v) is 5.40. The summed E-state index contributed by atoms with van der Waals surface area (Å²) in [4.78, 5) is 29.7.